The van der Waals surface area contributed by atoms with Gasteiger partial charge in [-0.25, -0.2) is 15.0 Å². The van der Waals surface area contributed by atoms with Crippen molar-refractivity contribution in [3.8, 4) is 0 Å². The van der Waals surface area contributed by atoms with Gasteiger partial charge in [-0.2, -0.15) is 5.10 Å². The lowest BCUT2D eigenvalue weighted by molar-refractivity contribution is -0.132. The van der Waals surface area contributed by atoms with E-state index in [9.17, 15) is 4.79 Å². The van der Waals surface area contributed by atoms with Crippen LogP contribution < -0.4 is 4.90 Å². The molecular formula is C19H22N6O. The van der Waals surface area contributed by atoms with E-state index in [1.54, 1.807) is 17.4 Å². The number of benzene rings is 1. The first-order valence-electron chi connectivity index (χ1n) is 8.97. The molecule has 0 spiro atoms. The van der Waals surface area contributed by atoms with Crippen LogP contribution in [0.4, 0.5) is 5.95 Å². The van der Waals surface area contributed by atoms with Gasteiger partial charge in [0.2, 0.25) is 5.95 Å². The molecule has 0 atom stereocenters. The summed E-state index contributed by atoms with van der Waals surface area (Å²) >= 11 is 0. The maximum atomic E-state index is 12.6. The smallest absolute Gasteiger partial charge is 0.256 e. The molecule has 0 aliphatic carbocycles. The summed E-state index contributed by atoms with van der Waals surface area (Å²) in [5.41, 5.74) is 2.09. The zero-order chi connectivity index (χ0) is 17.8. The second kappa shape index (κ2) is 7.61. The van der Waals surface area contributed by atoms with Crippen LogP contribution in [-0.2, 0) is 4.79 Å². The maximum absolute atomic E-state index is 12.6. The molecule has 0 N–H and O–H groups in total. The Morgan fingerprint density at radius 2 is 1.65 bits per heavy atom. The van der Waals surface area contributed by atoms with E-state index >= 15 is 0 Å². The summed E-state index contributed by atoms with van der Waals surface area (Å²) in [6.07, 6.45) is 4.33. The Labute approximate surface area is 153 Å². The Kier molecular flexibility index (Phi) is 4.88. The molecule has 2 aliphatic rings. The van der Waals surface area contributed by atoms with Crippen LogP contribution in [0.5, 0.6) is 0 Å². The van der Waals surface area contributed by atoms with Gasteiger partial charge in [-0.3, -0.25) is 9.69 Å². The van der Waals surface area contributed by atoms with Crippen molar-refractivity contribution in [3.63, 3.8) is 0 Å². The summed E-state index contributed by atoms with van der Waals surface area (Å²) in [5.74, 6) is 0.829. The Hall–Kier alpha value is -2.80. The minimum absolute atomic E-state index is 0.0698. The highest BCUT2D eigenvalue weighted by atomic mass is 16.2. The highest BCUT2D eigenvalue weighted by molar-refractivity contribution is 6.02. The number of amides is 1. The maximum Gasteiger partial charge on any atom is 0.256 e. The summed E-state index contributed by atoms with van der Waals surface area (Å²) in [4.78, 5) is 25.5. The van der Waals surface area contributed by atoms with Crippen LogP contribution in [0.25, 0.3) is 0 Å². The molecule has 3 heterocycles. The molecule has 0 radical (unpaired) electrons. The third-order valence-electron chi connectivity index (χ3n) is 4.76. The fourth-order valence-electron chi connectivity index (χ4n) is 3.30. The SMILES string of the molecule is O=C(CN1CCN(c2ncccn2)CC1)N1CCC(c2ccccc2)=N1. The monoisotopic (exact) mass is 350 g/mol. The molecule has 2 aromatic rings. The van der Waals surface area contributed by atoms with E-state index in [4.69, 9.17) is 0 Å². The van der Waals surface area contributed by atoms with Crippen molar-refractivity contribution >= 4 is 17.6 Å². The summed E-state index contributed by atoms with van der Waals surface area (Å²) in [6.45, 7) is 4.39. The molecule has 1 fully saturated rings. The minimum atomic E-state index is 0.0698. The average molecular weight is 350 g/mol. The van der Waals surface area contributed by atoms with Gasteiger partial charge >= 0.3 is 0 Å². The fraction of sp³-hybridized carbons (Fsp3) is 0.368. The van der Waals surface area contributed by atoms with Gasteiger partial charge in [-0.1, -0.05) is 30.3 Å². The number of carbonyl (C=O) groups is 1. The number of aromatic nitrogens is 2. The first-order chi connectivity index (χ1) is 12.8. The summed E-state index contributed by atoms with van der Waals surface area (Å²) in [7, 11) is 0. The Morgan fingerprint density at radius 3 is 2.38 bits per heavy atom. The summed E-state index contributed by atoms with van der Waals surface area (Å²) < 4.78 is 0. The van der Waals surface area contributed by atoms with Gasteiger partial charge in [0.15, 0.2) is 0 Å². The number of hydrazone groups is 1. The summed E-state index contributed by atoms with van der Waals surface area (Å²) in [5, 5.41) is 6.15. The van der Waals surface area contributed by atoms with E-state index in [1.165, 1.54) is 0 Å². The van der Waals surface area contributed by atoms with Gasteiger partial charge in [0.1, 0.15) is 0 Å². The van der Waals surface area contributed by atoms with E-state index in [2.05, 4.69) is 24.9 Å². The normalized spacial score (nSPS) is 18.1. The van der Waals surface area contributed by atoms with Crippen molar-refractivity contribution in [1.29, 1.82) is 0 Å². The predicted molar refractivity (Wildman–Crippen MR) is 100.0 cm³/mol. The van der Waals surface area contributed by atoms with Crippen LogP contribution in [0.2, 0.25) is 0 Å². The van der Waals surface area contributed by atoms with Crippen LogP contribution in [0.15, 0.2) is 53.9 Å². The van der Waals surface area contributed by atoms with Gasteiger partial charge < -0.3 is 4.90 Å². The van der Waals surface area contributed by atoms with Crippen molar-refractivity contribution < 1.29 is 4.79 Å². The molecule has 1 amide bonds. The molecule has 1 aromatic heterocycles. The lowest BCUT2D eigenvalue weighted by Gasteiger charge is -2.34. The van der Waals surface area contributed by atoms with Crippen LogP contribution >= 0.6 is 0 Å². The number of anilines is 1. The first-order valence-corrected chi connectivity index (χ1v) is 8.97. The third-order valence-corrected chi connectivity index (χ3v) is 4.76. The molecule has 2 aliphatic heterocycles. The fourth-order valence-corrected chi connectivity index (χ4v) is 3.30. The second-order valence-electron chi connectivity index (χ2n) is 6.49. The molecule has 7 heteroatoms. The van der Waals surface area contributed by atoms with Crippen molar-refractivity contribution in [2.24, 2.45) is 5.10 Å². The molecule has 0 bridgehead atoms. The van der Waals surface area contributed by atoms with Crippen molar-refractivity contribution in [2.75, 3.05) is 44.2 Å². The quantitative estimate of drug-likeness (QED) is 0.830. The Balaban J connectivity index is 1.30. The number of nitrogens with zero attached hydrogens (tertiary/aromatic N) is 6. The standard InChI is InChI=1S/C19H22N6O/c26-18(25-10-7-17(22-25)16-5-2-1-3-6-16)15-23-11-13-24(14-12-23)19-20-8-4-9-21-19/h1-6,8-9H,7,10-15H2. The van der Waals surface area contributed by atoms with Gasteiger partial charge in [0.05, 0.1) is 18.8 Å². The molecule has 4 rings (SSSR count). The molecule has 0 unspecified atom stereocenters. The van der Waals surface area contributed by atoms with Gasteiger partial charge in [0.25, 0.3) is 5.91 Å². The zero-order valence-corrected chi connectivity index (χ0v) is 14.7. The van der Waals surface area contributed by atoms with Crippen molar-refractivity contribution in [1.82, 2.24) is 19.9 Å². The molecule has 26 heavy (non-hydrogen) atoms. The largest absolute Gasteiger partial charge is 0.338 e. The van der Waals surface area contributed by atoms with Crippen molar-refractivity contribution in [2.45, 2.75) is 6.42 Å². The number of hydrogen-bond acceptors (Lipinski definition) is 6. The zero-order valence-electron chi connectivity index (χ0n) is 14.7. The van der Waals surface area contributed by atoms with Crippen LogP contribution in [-0.4, -0.2) is 70.8 Å². The number of piperazine rings is 1. The molecule has 1 saturated heterocycles. The third kappa shape index (κ3) is 3.72. The van der Waals surface area contributed by atoms with E-state index in [0.717, 1.165) is 49.8 Å². The van der Waals surface area contributed by atoms with Gasteiger partial charge in [0, 0.05) is 45.0 Å². The number of rotatable bonds is 4. The summed E-state index contributed by atoms with van der Waals surface area (Å²) in [6, 6.07) is 11.9. The Bertz CT molecular complexity index is 771. The van der Waals surface area contributed by atoms with E-state index in [-0.39, 0.29) is 5.91 Å². The highest BCUT2D eigenvalue weighted by Crippen LogP contribution is 2.15. The van der Waals surface area contributed by atoms with Crippen LogP contribution in [0.1, 0.15) is 12.0 Å². The molecule has 134 valence electrons. The van der Waals surface area contributed by atoms with E-state index < -0.39 is 0 Å². The molecular weight excluding hydrogens is 328 g/mol. The molecule has 7 nitrogen and oxygen atoms in total. The predicted octanol–water partition coefficient (Wildman–Crippen LogP) is 1.24. The second-order valence-corrected chi connectivity index (χ2v) is 6.49. The average Bonchev–Trinajstić information content (AvgIpc) is 3.20. The van der Waals surface area contributed by atoms with E-state index in [0.29, 0.717) is 13.1 Å². The van der Waals surface area contributed by atoms with Crippen LogP contribution in [0.3, 0.4) is 0 Å². The lowest BCUT2D eigenvalue weighted by Crippen LogP contribution is -2.49. The number of carbonyl (C=O) groups excluding carboxylic acids is 1. The molecule has 0 saturated carbocycles. The minimum Gasteiger partial charge on any atom is -0.338 e. The van der Waals surface area contributed by atoms with Crippen molar-refractivity contribution in [3.05, 3.63) is 54.4 Å². The first kappa shape index (κ1) is 16.7. The highest BCUT2D eigenvalue weighted by Gasteiger charge is 2.25. The van der Waals surface area contributed by atoms with Crippen LogP contribution in [0, 0.1) is 0 Å². The Morgan fingerprint density at radius 1 is 0.923 bits per heavy atom. The van der Waals surface area contributed by atoms with Gasteiger partial charge in [-0.15, -0.1) is 0 Å². The molecule has 1 aromatic carbocycles. The van der Waals surface area contributed by atoms with E-state index in [1.807, 2.05) is 36.4 Å². The van der Waals surface area contributed by atoms with Gasteiger partial charge in [-0.05, 0) is 11.6 Å². The number of hydrogen-bond donors (Lipinski definition) is 0. The lowest BCUT2D eigenvalue weighted by atomic mass is 10.1. The topological polar surface area (TPSA) is 64.9 Å².